The summed E-state index contributed by atoms with van der Waals surface area (Å²) in [5.41, 5.74) is 3.23. The van der Waals surface area contributed by atoms with Gasteiger partial charge >= 0.3 is 0 Å². The van der Waals surface area contributed by atoms with Crippen LogP contribution in [0.2, 0.25) is 0 Å². The minimum absolute atomic E-state index is 0.214. The van der Waals surface area contributed by atoms with E-state index in [0.717, 1.165) is 25.2 Å². The largest absolute Gasteiger partial charge is 0.348 e. The first-order chi connectivity index (χ1) is 14.6. The molecule has 0 saturated heterocycles. The predicted molar refractivity (Wildman–Crippen MR) is 123 cm³/mol. The first-order valence-electron chi connectivity index (χ1n) is 10.1. The summed E-state index contributed by atoms with van der Waals surface area (Å²) in [4.78, 5) is 28.1. The Morgan fingerprint density at radius 2 is 1.67 bits per heavy atom. The van der Waals surface area contributed by atoms with Crippen LogP contribution in [-0.4, -0.2) is 29.8 Å². The van der Waals surface area contributed by atoms with E-state index in [1.165, 1.54) is 16.9 Å². The van der Waals surface area contributed by atoms with Crippen molar-refractivity contribution in [3.63, 3.8) is 0 Å². The lowest BCUT2D eigenvalue weighted by Gasteiger charge is -2.18. The van der Waals surface area contributed by atoms with Crippen molar-refractivity contribution < 1.29 is 9.59 Å². The van der Waals surface area contributed by atoms with Crippen molar-refractivity contribution >= 4 is 28.8 Å². The summed E-state index contributed by atoms with van der Waals surface area (Å²) in [6, 6.07) is 18.9. The van der Waals surface area contributed by atoms with Crippen molar-refractivity contribution in [2.75, 3.05) is 18.4 Å². The van der Waals surface area contributed by atoms with Gasteiger partial charge in [-0.25, -0.2) is 0 Å². The first kappa shape index (κ1) is 21.7. The van der Waals surface area contributed by atoms with Gasteiger partial charge in [0.2, 0.25) is 0 Å². The molecule has 2 aromatic carbocycles. The Morgan fingerprint density at radius 1 is 0.900 bits per heavy atom. The number of hydrogen-bond donors (Lipinski definition) is 2. The van der Waals surface area contributed by atoms with Crippen LogP contribution in [0.25, 0.3) is 0 Å². The van der Waals surface area contributed by atoms with Crippen molar-refractivity contribution in [1.82, 2.24) is 10.2 Å². The zero-order valence-corrected chi connectivity index (χ0v) is 18.2. The summed E-state index contributed by atoms with van der Waals surface area (Å²) < 4.78 is 0. The van der Waals surface area contributed by atoms with E-state index in [9.17, 15) is 9.59 Å². The summed E-state index contributed by atoms with van der Waals surface area (Å²) in [6.07, 6.45) is 0. The smallest absolute Gasteiger partial charge is 0.265 e. The maximum absolute atomic E-state index is 12.8. The molecule has 156 valence electrons. The Balaban J connectivity index is 1.65. The summed E-state index contributed by atoms with van der Waals surface area (Å²) in [5, 5.41) is 7.66. The van der Waals surface area contributed by atoms with E-state index in [2.05, 4.69) is 41.5 Å². The highest BCUT2D eigenvalue weighted by atomic mass is 32.1. The number of nitrogens with zero attached hydrogens (tertiary/aromatic N) is 1. The molecule has 2 N–H and O–H groups in total. The second-order valence-electron chi connectivity index (χ2n) is 6.94. The lowest BCUT2D eigenvalue weighted by Crippen LogP contribution is -2.25. The van der Waals surface area contributed by atoms with Gasteiger partial charge in [0.15, 0.2) is 0 Å². The van der Waals surface area contributed by atoms with Gasteiger partial charge in [-0.05, 0) is 47.8 Å². The van der Waals surface area contributed by atoms with Gasteiger partial charge < -0.3 is 10.6 Å². The third-order valence-corrected chi connectivity index (χ3v) is 5.78. The fraction of sp³-hybridized carbons (Fsp3) is 0.250. The molecule has 6 heteroatoms. The van der Waals surface area contributed by atoms with E-state index < -0.39 is 0 Å². The average Bonchev–Trinajstić information content (AvgIpc) is 3.32. The minimum atomic E-state index is -0.216. The highest BCUT2D eigenvalue weighted by molar-refractivity contribution is 7.12. The number of amides is 2. The van der Waals surface area contributed by atoms with E-state index in [-0.39, 0.29) is 11.8 Å². The molecule has 0 spiro atoms. The highest BCUT2D eigenvalue weighted by Crippen LogP contribution is 2.18. The van der Waals surface area contributed by atoms with Crippen LogP contribution in [0.5, 0.6) is 0 Å². The van der Waals surface area contributed by atoms with Crippen LogP contribution in [0.15, 0.2) is 66.0 Å². The normalized spacial score (nSPS) is 10.8. The van der Waals surface area contributed by atoms with E-state index in [1.54, 1.807) is 30.3 Å². The van der Waals surface area contributed by atoms with Crippen molar-refractivity contribution in [2.24, 2.45) is 0 Å². The molecule has 2 amide bonds. The van der Waals surface area contributed by atoms with Crippen LogP contribution in [0.3, 0.4) is 0 Å². The summed E-state index contributed by atoms with van der Waals surface area (Å²) in [7, 11) is 0. The molecule has 0 unspecified atom stereocenters. The van der Waals surface area contributed by atoms with Gasteiger partial charge in [0.25, 0.3) is 11.8 Å². The topological polar surface area (TPSA) is 61.4 Å². The van der Waals surface area contributed by atoms with Gasteiger partial charge in [-0.2, -0.15) is 0 Å². The van der Waals surface area contributed by atoms with Crippen LogP contribution in [0.4, 0.5) is 5.69 Å². The van der Waals surface area contributed by atoms with E-state index in [4.69, 9.17) is 0 Å². The molecule has 3 aromatic rings. The number of carbonyl (C=O) groups is 2. The molecular formula is C24H27N3O2S. The summed E-state index contributed by atoms with van der Waals surface area (Å²) in [5.74, 6) is -0.430. The number of nitrogens with one attached hydrogen (secondary N) is 2. The fourth-order valence-corrected chi connectivity index (χ4v) is 3.82. The molecular weight excluding hydrogens is 394 g/mol. The Morgan fingerprint density at radius 3 is 2.40 bits per heavy atom. The number of anilines is 1. The monoisotopic (exact) mass is 421 g/mol. The molecule has 0 aliphatic carbocycles. The second kappa shape index (κ2) is 10.7. The van der Waals surface area contributed by atoms with Crippen LogP contribution >= 0.6 is 11.3 Å². The summed E-state index contributed by atoms with van der Waals surface area (Å²) in [6.45, 7) is 7.64. The number of para-hydroxylation sites is 1. The molecule has 0 fully saturated rings. The van der Waals surface area contributed by atoms with Gasteiger partial charge in [-0.1, -0.05) is 56.3 Å². The van der Waals surface area contributed by atoms with Gasteiger partial charge in [0.05, 0.1) is 16.1 Å². The molecule has 0 aliphatic rings. The van der Waals surface area contributed by atoms with Crippen LogP contribution < -0.4 is 10.6 Å². The Bertz CT molecular complexity index is 982. The molecule has 3 rings (SSSR count). The predicted octanol–water partition coefficient (Wildman–Crippen LogP) is 4.77. The Kier molecular flexibility index (Phi) is 7.76. The fourth-order valence-electron chi connectivity index (χ4n) is 3.20. The first-order valence-corrected chi connectivity index (χ1v) is 11.0. The van der Waals surface area contributed by atoms with Crippen molar-refractivity contribution in [3.05, 3.63) is 87.6 Å². The molecule has 0 saturated carbocycles. The number of thiophene rings is 1. The van der Waals surface area contributed by atoms with Gasteiger partial charge in [-0.15, -0.1) is 11.3 Å². The third-order valence-electron chi connectivity index (χ3n) is 4.91. The standard InChI is InChI=1S/C24H27N3O2S/c1-3-27(4-2)17-19-10-7-9-18(15-19)16-25-23(28)20-11-5-6-12-21(20)26-24(29)22-13-8-14-30-22/h5-15H,3-4,16-17H2,1-2H3,(H,25,28)(H,26,29). The minimum Gasteiger partial charge on any atom is -0.348 e. The molecule has 5 nitrogen and oxygen atoms in total. The SMILES string of the molecule is CCN(CC)Cc1cccc(CNC(=O)c2ccccc2NC(=O)c2cccs2)c1. The Hall–Kier alpha value is -2.96. The third kappa shape index (κ3) is 5.78. The molecule has 0 atom stereocenters. The van der Waals surface area contributed by atoms with E-state index >= 15 is 0 Å². The van der Waals surface area contributed by atoms with E-state index in [0.29, 0.717) is 22.7 Å². The second-order valence-corrected chi connectivity index (χ2v) is 7.89. The highest BCUT2D eigenvalue weighted by Gasteiger charge is 2.14. The molecule has 0 bridgehead atoms. The number of carbonyl (C=O) groups excluding carboxylic acids is 2. The lowest BCUT2D eigenvalue weighted by molar-refractivity contribution is 0.0951. The number of benzene rings is 2. The van der Waals surface area contributed by atoms with E-state index in [1.807, 2.05) is 23.6 Å². The van der Waals surface area contributed by atoms with Crippen LogP contribution in [-0.2, 0) is 13.1 Å². The quantitative estimate of drug-likeness (QED) is 0.523. The maximum atomic E-state index is 12.8. The van der Waals surface area contributed by atoms with Crippen LogP contribution in [0, 0.1) is 0 Å². The van der Waals surface area contributed by atoms with Crippen molar-refractivity contribution in [2.45, 2.75) is 26.9 Å². The molecule has 1 aromatic heterocycles. The number of hydrogen-bond acceptors (Lipinski definition) is 4. The number of rotatable bonds is 9. The van der Waals surface area contributed by atoms with Crippen LogP contribution in [0.1, 0.15) is 45.0 Å². The molecule has 1 heterocycles. The maximum Gasteiger partial charge on any atom is 0.265 e. The van der Waals surface area contributed by atoms with Gasteiger partial charge in [0, 0.05) is 13.1 Å². The van der Waals surface area contributed by atoms with Crippen molar-refractivity contribution in [1.29, 1.82) is 0 Å². The van der Waals surface area contributed by atoms with Gasteiger partial charge in [-0.3, -0.25) is 14.5 Å². The lowest BCUT2D eigenvalue weighted by atomic mass is 10.1. The zero-order valence-electron chi connectivity index (χ0n) is 17.4. The molecule has 0 radical (unpaired) electrons. The Labute approximate surface area is 181 Å². The van der Waals surface area contributed by atoms with Crippen molar-refractivity contribution in [3.8, 4) is 0 Å². The molecule has 0 aliphatic heterocycles. The van der Waals surface area contributed by atoms with Gasteiger partial charge in [0.1, 0.15) is 0 Å². The molecule has 30 heavy (non-hydrogen) atoms. The summed E-state index contributed by atoms with van der Waals surface area (Å²) >= 11 is 1.36. The zero-order chi connectivity index (χ0) is 21.3. The average molecular weight is 422 g/mol.